The van der Waals surface area contributed by atoms with Crippen LogP contribution in [0.2, 0.25) is 0 Å². The van der Waals surface area contributed by atoms with Gasteiger partial charge in [-0.05, 0) is 25.5 Å². The average Bonchev–Trinajstić information content (AvgIpc) is 3.15. The number of nitrogens with zero attached hydrogens (tertiary/aromatic N) is 4. The quantitative estimate of drug-likeness (QED) is 0.876. The fourth-order valence-electron chi connectivity index (χ4n) is 2.56. The molecular formula is C14H21ClN6O. The second-order valence-corrected chi connectivity index (χ2v) is 5.39. The van der Waals surface area contributed by atoms with Crippen molar-refractivity contribution < 1.29 is 4.79 Å². The molecule has 0 bridgehead atoms. The van der Waals surface area contributed by atoms with Gasteiger partial charge in [0.1, 0.15) is 5.69 Å². The topological polar surface area (TPSA) is 76.8 Å². The van der Waals surface area contributed by atoms with E-state index in [4.69, 9.17) is 0 Å². The van der Waals surface area contributed by atoms with Gasteiger partial charge in [0.2, 0.25) is 0 Å². The molecule has 1 aliphatic rings. The van der Waals surface area contributed by atoms with Crippen molar-refractivity contribution in [2.45, 2.75) is 25.4 Å². The number of halogens is 1. The van der Waals surface area contributed by atoms with Crippen molar-refractivity contribution in [3.05, 3.63) is 35.9 Å². The van der Waals surface area contributed by atoms with E-state index in [1.54, 1.807) is 16.9 Å². The summed E-state index contributed by atoms with van der Waals surface area (Å²) in [4.78, 5) is 12.1. The molecule has 0 saturated carbocycles. The molecule has 120 valence electrons. The Morgan fingerprint density at radius 1 is 1.55 bits per heavy atom. The fraction of sp³-hybridized carbons (Fsp3) is 0.500. The Hall–Kier alpha value is -1.86. The van der Waals surface area contributed by atoms with Crippen LogP contribution in [0.4, 0.5) is 0 Å². The molecule has 1 amide bonds. The van der Waals surface area contributed by atoms with Gasteiger partial charge in [-0.25, -0.2) is 0 Å². The largest absolute Gasteiger partial charge is 0.346 e. The number of amides is 1. The summed E-state index contributed by atoms with van der Waals surface area (Å²) in [6.45, 7) is 2.44. The molecular weight excluding hydrogens is 304 g/mol. The number of carbonyl (C=O) groups excluding carboxylic acids is 1. The lowest BCUT2D eigenvalue weighted by molar-refractivity contribution is 0.0944. The Labute approximate surface area is 135 Å². The summed E-state index contributed by atoms with van der Waals surface area (Å²) in [5.41, 5.74) is 1.44. The van der Waals surface area contributed by atoms with Gasteiger partial charge in [-0.3, -0.25) is 14.2 Å². The molecule has 1 unspecified atom stereocenters. The maximum absolute atomic E-state index is 12.1. The molecule has 22 heavy (non-hydrogen) atoms. The SMILES string of the molecule is Cl.Cn1cc(CNC(=O)c2ccn(C3CCCNC3)n2)cn1. The zero-order valence-corrected chi connectivity index (χ0v) is 13.3. The highest BCUT2D eigenvalue weighted by Crippen LogP contribution is 2.15. The normalized spacial score (nSPS) is 17.8. The monoisotopic (exact) mass is 324 g/mol. The number of rotatable bonds is 4. The third-order valence-electron chi connectivity index (χ3n) is 3.70. The highest BCUT2D eigenvalue weighted by atomic mass is 35.5. The van der Waals surface area contributed by atoms with Crippen LogP contribution in [-0.4, -0.2) is 38.6 Å². The summed E-state index contributed by atoms with van der Waals surface area (Å²) in [7, 11) is 1.85. The Morgan fingerprint density at radius 3 is 3.09 bits per heavy atom. The lowest BCUT2D eigenvalue weighted by atomic mass is 10.1. The first kappa shape index (κ1) is 16.5. The molecule has 1 atom stereocenters. The molecule has 7 nitrogen and oxygen atoms in total. The molecule has 0 aliphatic carbocycles. The van der Waals surface area contributed by atoms with Crippen molar-refractivity contribution >= 4 is 18.3 Å². The van der Waals surface area contributed by atoms with Crippen molar-refractivity contribution in [2.75, 3.05) is 13.1 Å². The number of aromatic nitrogens is 4. The zero-order valence-electron chi connectivity index (χ0n) is 12.5. The molecule has 2 aromatic rings. The van der Waals surface area contributed by atoms with Crippen molar-refractivity contribution in [1.82, 2.24) is 30.2 Å². The van der Waals surface area contributed by atoms with Crippen LogP contribution in [0.1, 0.15) is 34.9 Å². The maximum Gasteiger partial charge on any atom is 0.272 e. The molecule has 3 rings (SSSR count). The van der Waals surface area contributed by atoms with E-state index in [-0.39, 0.29) is 18.3 Å². The van der Waals surface area contributed by atoms with Gasteiger partial charge < -0.3 is 10.6 Å². The van der Waals surface area contributed by atoms with Crippen LogP contribution >= 0.6 is 12.4 Å². The number of aryl methyl sites for hydroxylation is 1. The zero-order chi connectivity index (χ0) is 14.7. The Kier molecular flexibility index (Phi) is 5.57. The van der Waals surface area contributed by atoms with Crippen LogP contribution in [0, 0.1) is 0 Å². The van der Waals surface area contributed by atoms with E-state index in [1.165, 1.54) is 0 Å². The molecule has 8 heteroatoms. The van der Waals surface area contributed by atoms with E-state index in [0.29, 0.717) is 18.3 Å². The molecule has 2 aromatic heterocycles. The van der Waals surface area contributed by atoms with E-state index in [1.807, 2.05) is 24.1 Å². The molecule has 0 spiro atoms. The smallest absolute Gasteiger partial charge is 0.272 e. The van der Waals surface area contributed by atoms with Gasteiger partial charge in [0.15, 0.2) is 0 Å². The fourth-order valence-corrected chi connectivity index (χ4v) is 2.56. The van der Waals surface area contributed by atoms with Gasteiger partial charge in [0.25, 0.3) is 5.91 Å². The summed E-state index contributed by atoms with van der Waals surface area (Å²) in [6, 6.07) is 2.12. The third-order valence-corrected chi connectivity index (χ3v) is 3.70. The van der Waals surface area contributed by atoms with Crippen LogP contribution < -0.4 is 10.6 Å². The minimum atomic E-state index is -0.152. The molecule has 1 aliphatic heterocycles. The summed E-state index contributed by atoms with van der Waals surface area (Å²) >= 11 is 0. The van der Waals surface area contributed by atoms with Crippen LogP contribution in [0.5, 0.6) is 0 Å². The van der Waals surface area contributed by atoms with Crippen LogP contribution in [0.15, 0.2) is 24.7 Å². The first-order chi connectivity index (χ1) is 10.2. The minimum Gasteiger partial charge on any atom is -0.346 e. The average molecular weight is 325 g/mol. The standard InChI is InChI=1S/C14H20N6O.ClH/c1-19-10-11(8-17-19)7-16-14(21)13-4-6-20(18-13)12-3-2-5-15-9-12;/h4,6,8,10,12,15H,2-3,5,7,9H2,1H3,(H,16,21);1H. The lowest BCUT2D eigenvalue weighted by Gasteiger charge is -2.22. The predicted octanol–water partition coefficient (Wildman–Crippen LogP) is 0.893. The second kappa shape index (κ2) is 7.42. The van der Waals surface area contributed by atoms with Gasteiger partial charge in [-0.1, -0.05) is 0 Å². The molecule has 1 fully saturated rings. The number of hydrogen-bond donors (Lipinski definition) is 2. The number of nitrogens with one attached hydrogen (secondary N) is 2. The van der Waals surface area contributed by atoms with E-state index in [9.17, 15) is 4.79 Å². The molecule has 0 aromatic carbocycles. The maximum atomic E-state index is 12.1. The lowest BCUT2D eigenvalue weighted by Crippen LogP contribution is -2.32. The van der Waals surface area contributed by atoms with Crippen molar-refractivity contribution in [3.8, 4) is 0 Å². The predicted molar refractivity (Wildman–Crippen MR) is 85.0 cm³/mol. The molecule has 2 N–H and O–H groups in total. The van der Waals surface area contributed by atoms with Gasteiger partial charge in [-0.15, -0.1) is 12.4 Å². The van der Waals surface area contributed by atoms with Gasteiger partial charge >= 0.3 is 0 Å². The first-order valence-corrected chi connectivity index (χ1v) is 7.24. The first-order valence-electron chi connectivity index (χ1n) is 7.24. The van der Waals surface area contributed by atoms with Crippen molar-refractivity contribution in [3.63, 3.8) is 0 Å². The van der Waals surface area contributed by atoms with Crippen molar-refractivity contribution in [2.24, 2.45) is 7.05 Å². The summed E-state index contributed by atoms with van der Waals surface area (Å²) in [6.07, 6.45) is 7.76. The highest BCUT2D eigenvalue weighted by Gasteiger charge is 2.17. The van der Waals surface area contributed by atoms with Gasteiger partial charge in [-0.2, -0.15) is 10.2 Å². The highest BCUT2D eigenvalue weighted by molar-refractivity contribution is 5.92. The number of piperidine rings is 1. The third kappa shape index (κ3) is 3.86. The molecule has 1 saturated heterocycles. The second-order valence-electron chi connectivity index (χ2n) is 5.39. The van der Waals surface area contributed by atoms with E-state index in [0.717, 1.165) is 31.5 Å². The van der Waals surface area contributed by atoms with E-state index in [2.05, 4.69) is 20.8 Å². The van der Waals surface area contributed by atoms with E-state index >= 15 is 0 Å². The Morgan fingerprint density at radius 2 is 2.41 bits per heavy atom. The van der Waals surface area contributed by atoms with Crippen molar-refractivity contribution in [1.29, 1.82) is 0 Å². The molecule has 3 heterocycles. The number of hydrogen-bond acceptors (Lipinski definition) is 4. The summed E-state index contributed by atoms with van der Waals surface area (Å²) < 4.78 is 3.61. The molecule has 0 radical (unpaired) electrons. The number of carbonyl (C=O) groups is 1. The van der Waals surface area contributed by atoms with Gasteiger partial charge in [0.05, 0.1) is 12.2 Å². The van der Waals surface area contributed by atoms with Crippen LogP contribution in [0.25, 0.3) is 0 Å². The van der Waals surface area contributed by atoms with Crippen LogP contribution in [0.3, 0.4) is 0 Å². The Balaban J connectivity index is 0.00000176. The summed E-state index contributed by atoms with van der Waals surface area (Å²) in [5.74, 6) is -0.152. The summed E-state index contributed by atoms with van der Waals surface area (Å²) in [5, 5.41) is 14.7. The van der Waals surface area contributed by atoms with Crippen LogP contribution in [-0.2, 0) is 13.6 Å². The Bertz CT molecular complexity index is 616. The van der Waals surface area contributed by atoms with E-state index < -0.39 is 0 Å². The van der Waals surface area contributed by atoms with Gasteiger partial charge in [0, 0.05) is 38.1 Å². The minimum absolute atomic E-state index is 0.